The summed E-state index contributed by atoms with van der Waals surface area (Å²) in [5.41, 5.74) is -4.01. The second-order valence-electron chi connectivity index (χ2n) is 15.2. The van der Waals surface area contributed by atoms with Crippen molar-refractivity contribution in [2.75, 3.05) is 13.7 Å². The van der Waals surface area contributed by atoms with E-state index in [0.717, 1.165) is 24.1 Å². The number of aromatic nitrogens is 2. The van der Waals surface area contributed by atoms with E-state index in [4.69, 9.17) is 9.47 Å². The lowest BCUT2D eigenvalue weighted by molar-refractivity contribution is -0.143. The fourth-order valence-corrected chi connectivity index (χ4v) is 8.67. The van der Waals surface area contributed by atoms with E-state index in [2.05, 4.69) is 25.3 Å². The van der Waals surface area contributed by atoms with E-state index in [9.17, 15) is 50.3 Å². The molecule has 0 unspecified atom stereocenters. The van der Waals surface area contributed by atoms with Gasteiger partial charge in [0, 0.05) is 24.5 Å². The fraction of sp³-hybridized carbons (Fsp3) is 0.600. The summed E-state index contributed by atoms with van der Waals surface area (Å²) in [6, 6.07) is -1.16. The van der Waals surface area contributed by atoms with E-state index in [1.807, 2.05) is 13.0 Å². The number of benzene rings is 1. The smallest absolute Gasteiger partial charge is 0.438 e. The molecule has 4 N–H and O–H groups in total. The van der Waals surface area contributed by atoms with Gasteiger partial charge in [-0.3, -0.25) is 19.1 Å². The minimum Gasteiger partial charge on any atom is -0.494 e. The molecule has 0 radical (unpaired) electrons. The molecule has 3 fully saturated rings. The van der Waals surface area contributed by atoms with E-state index >= 15 is 0 Å². The summed E-state index contributed by atoms with van der Waals surface area (Å²) in [6.07, 6.45) is -2.69. The normalized spacial score (nSPS) is 30.1. The number of alkyl halides is 3. The first-order chi connectivity index (χ1) is 25.7. The Labute approximate surface area is 313 Å². The molecular weight excluding hydrogens is 756 g/mol. The number of hydrogen-bond acceptors (Lipinski definition) is 10. The minimum absolute atomic E-state index is 0.0167. The molecule has 1 aromatic carbocycles. The molecule has 4 aliphatic rings. The topological polar surface area (TPSA) is 206 Å². The highest BCUT2D eigenvalue weighted by Gasteiger charge is 2.63. The summed E-state index contributed by atoms with van der Waals surface area (Å²) in [4.78, 5) is 62.8. The first-order valence-electron chi connectivity index (χ1n) is 17.8. The summed E-state index contributed by atoms with van der Waals surface area (Å²) >= 11 is 0. The quantitative estimate of drug-likeness (QED) is 0.235. The number of sulfonamides is 1. The lowest BCUT2D eigenvalue weighted by Crippen LogP contribution is -2.59. The fourth-order valence-electron chi connectivity index (χ4n) is 7.35. The second-order valence-corrected chi connectivity index (χ2v) is 17.4. The molecule has 2 aromatic rings. The third-order valence-electron chi connectivity index (χ3n) is 11.0. The maximum absolute atomic E-state index is 14.4. The largest absolute Gasteiger partial charge is 0.494 e. The molecule has 7 atom stereocenters. The average molecular weight is 799 g/mol. The Morgan fingerprint density at radius 1 is 1.11 bits per heavy atom. The maximum atomic E-state index is 14.4. The Morgan fingerprint density at radius 2 is 1.80 bits per heavy atom. The molecular formula is C35H42F4N6O9S. The van der Waals surface area contributed by atoms with Crippen molar-refractivity contribution in [3.8, 4) is 11.6 Å². The van der Waals surface area contributed by atoms with Gasteiger partial charge >= 0.3 is 12.3 Å². The van der Waals surface area contributed by atoms with Crippen molar-refractivity contribution in [3.05, 3.63) is 35.8 Å². The van der Waals surface area contributed by atoms with Crippen LogP contribution in [0.15, 0.2) is 24.3 Å². The number of hydrogen-bond donors (Lipinski definition) is 4. The van der Waals surface area contributed by atoms with Crippen LogP contribution < -0.4 is 24.8 Å². The molecule has 6 rings (SSSR count). The molecule has 55 heavy (non-hydrogen) atoms. The van der Waals surface area contributed by atoms with Crippen LogP contribution in [0.2, 0.25) is 0 Å². The number of carbonyl (C=O) groups excluding carboxylic acids is 3. The first kappa shape index (κ1) is 39.9. The standard InChI is InChI=1S/C35H42F4N6O9S/c1-17-7-5-6-8-19-15-34(19,31(48)44-55(51,52)33(3)9-10-33)43-28(46)24-12-20(16-45(24)30(47)26(18(2)11-17)42-32(49)50)54-29-27(35(37,38)39)40-22-13-21(36)25(53-4)14-23(22)41-29/h6,8,13-14,17-20,24,26,42H,5,7,9-12,15-16H2,1-4H3,(H,43,46)(H,44,48)(H,49,50)/b8-6-/t17-,18-,19-,20-,24+,26+,34-/m1/s1. The van der Waals surface area contributed by atoms with Crippen LogP contribution in [0.3, 0.4) is 0 Å². The van der Waals surface area contributed by atoms with Gasteiger partial charge in [-0.25, -0.2) is 27.6 Å². The van der Waals surface area contributed by atoms with Crippen molar-refractivity contribution in [1.82, 2.24) is 30.2 Å². The van der Waals surface area contributed by atoms with Gasteiger partial charge in [-0.15, -0.1) is 0 Å². The molecule has 20 heteroatoms. The van der Waals surface area contributed by atoms with Gasteiger partial charge in [0.05, 0.1) is 29.4 Å². The third kappa shape index (κ3) is 8.00. The number of rotatable bonds is 7. The first-order valence-corrected chi connectivity index (χ1v) is 19.3. The molecule has 2 aliphatic heterocycles. The van der Waals surface area contributed by atoms with Crippen LogP contribution in [0.4, 0.5) is 22.4 Å². The van der Waals surface area contributed by atoms with Crippen LogP contribution in [-0.4, -0.2) is 94.3 Å². The number of nitrogens with one attached hydrogen (secondary N) is 3. The predicted molar refractivity (Wildman–Crippen MR) is 186 cm³/mol. The highest BCUT2D eigenvalue weighted by atomic mass is 32.2. The van der Waals surface area contributed by atoms with Crippen LogP contribution in [0.5, 0.6) is 11.6 Å². The lowest BCUT2D eigenvalue weighted by atomic mass is 9.88. The number of ether oxygens (including phenoxy) is 2. The number of amides is 4. The Hall–Kier alpha value is -4.75. The molecule has 1 saturated heterocycles. The van der Waals surface area contributed by atoms with E-state index < -0.39 is 116 Å². The van der Waals surface area contributed by atoms with Crippen molar-refractivity contribution in [1.29, 1.82) is 0 Å². The number of methoxy groups -OCH3 is 1. The highest BCUT2D eigenvalue weighted by molar-refractivity contribution is 7.91. The van der Waals surface area contributed by atoms with Gasteiger partial charge in [0.15, 0.2) is 11.6 Å². The number of carboxylic acid groups (broad SMARTS) is 1. The van der Waals surface area contributed by atoms with Gasteiger partial charge in [0.2, 0.25) is 33.4 Å². The van der Waals surface area contributed by atoms with Crippen LogP contribution in [0.25, 0.3) is 11.0 Å². The van der Waals surface area contributed by atoms with Crippen molar-refractivity contribution in [2.24, 2.45) is 17.8 Å². The zero-order chi connectivity index (χ0) is 40.2. The van der Waals surface area contributed by atoms with E-state index in [1.54, 1.807) is 13.0 Å². The maximum Gasteiger partial charge on any atom is 0.438 e. The molecule has 0 bridgehead atoms. The number of fused-ring (bicyclic) bond motifs is 3. The molecule has 4 amide bonds. The van der Waals surface area contributed by atoms with E-state index in [1.165, 1.54) is 6.92 Å². The predicted octanol–water partition coefficient (Wildman–Crippen LogP) is 3.67. The van der Waals surface area contributed by atoms with Crippen molar-refractivity contribution < 1.29 is 59.7 Å². The summed E-state index contributed by atoms with van der Waals surface area (Å²) < 4.78 is 95.1. The molecule has 300 valence electrons. The Kier molecular flexibility index (Phi) is 10.4. The van der Waals surface area contributed by atoms with Crippen LogP contribution in [0.1, 0.15) is 71.4 Å². The third-order valence-corrected chi connectivity index (χ3v) is 13.1. The van der Waals surface area contributed by atoms with Crippen molar-refractivity contribution in [2.45, 2.75) is 100 Å². The highest BCUT2D eigenvalue weighted by Crippen LogP contribution is 2.48. The van der Waals surface area contributed by atoms with E-state index in [-0.39, 0.29) is 23.6 Å². The van der Waals surface area contributed by atoms with Gasteiger partial charge < -0.3 is 30.1 Å². The SMILES string of the molecule is COc1cc2nc(O[C@@H]3C[C@H]4C(=O)N[C@]5(C(=O)NS(=O)(=O)C6(C)CC6)C[C@H]5/C=C\CC[C@@H](C)C[C@@H](C)[C@H](NC(=O)O)C(=O)N4C3)c(C(F)(F)F)nc2cc1F. The Bertz CT molecular complexity index is 2050. The summed E-state index contributed by atoms with van der Waals surface area (Å²) in [5.74, 6) is -6.36. The Morgan fingerprint density at radius 3 is 2.44 bits per heavy atom. The number of halogens is 4. The van der Waals surface area contributed by atoms with Gasteiger partial charge in [-0.2, -0.15) is 13.2 Å². The van der Waals surface area contributed by atoms with Crippen LogP contribution >= 0.6 is 0 Å². The van der Waals surface area contributed by atoms with Crippen LogP contribution in [0, 0.1) is 23.6 Å². The van der Waals surface area contributed by atoms with Crippen molar-refractivity contribution in [3.63, 3.8) is 0 Å². The average Bonchev–Trinajstić information content (AvgIpc) is 3.97. The number of nitrogens with zero attached hydrogens (tertiary/aromatic N) is 3. The molecule has 2 saturated carbocycles. The summed E-state index contributed by atoms with van der Waals surface area (Å²) in [5, 5.41) is 14.6. The number of allylic oxidation sites excluding steroid dienone is 1. The lowest BCUT2D eigenvalue weighted by Gasteiger charge is -2.32. The molecule has 0 spiro atoms. The van der Waals surface area contributed by atoms with Gasteiger partial charge in [0.25, 0.3) is 5.91 Å². The molecule has 1 aromatic heterocycles. The second kappa shape index (κ2) is 14.4. The zero-order valence-electron chi connectivity index (χ0n) is 30.4. The van der Waals surface area contributed by atoms with Gasteiger partial charge in [0.1, 0.15) is 23.7 Å². The monoisotopic (exact) mass is 798 g/mol. The van der Waals surface area contributed by atoms with Gasteiger partial charge in [-0.1, -0.05) is 26.0 Å². The van der Waals surface area contributed by atoms with Gasteiger partial charge in [-0.05, 0) is 57.3 Å². The summed E-state index contributed by atoms with van der Waals surface area (Å²) in [7, 11) is -2.98. The minimum atomic E-state index is -5.14. The molecule has 3 heterocycles. The van der Waals surface area contributed by atoms with E-state index in [0.29, 0.717) is 32.1 Å². The number of carbonyl (C=O) groups is 4. The van der Waals surface area contributed by atoms with Crippen LogP contribution in [-0.2, 0) is 30.6 Å². The molecule has 2 aliphatic carbocycles. The summed E-state index contributed by atoms with van der Waals surface area (Å²) in [6.45, 7) is 4.55. The van der Waals surface area contributed by atoms with Crippen molar-refractivity contribution >= 4 is 44.9 Å². The molecule has 15 nitrogen and oxygen atoms in total. The zero-order valence-corrected chi connectivity index (χ0v) is 31.2. The Balaban J connectivity index is 1.37.